The molecule has 142 valence electrons. The van der Waals surface area contributed by atoms with Gasteiger partial charge in [0.2, 0.25) is 0 Å². The Morgan fingerprint density at radius 1 is 1.41 bits per heavy atom. The summed E-state index contributed by atoms with van der Waals surface area (Å²) in [5.74, 6) is -0.929. The Bertz CT molecular complexity index is 892. The second-order valence-corrected chi connectivity index (χ2v) is 8.07. The lowest BCUT2D eigenvalue weighted by molar-refractivity contribution is -0.183. The fourth-order valence-corrected chi connectivity index (χ4v) is 6.31. The second kappa shape index (κ2) is 5.50. The van der Waals surface area contributed by atoms with E-state index in [1.54, 1.807) is 0 Å². The minimum atomic E-state index is -1.87. The van der Waals surface area contributed by atoms with Crippen LogP contribution in [0.2, 0.25) is 0 Å². The molecular formula is C21H24N2O4. The van der Waals surface area contributed by atoms with E-state index in [-0.39, 0.29) is 12.0 Å². The highest BCUT2D eigenvalue weighted by Crippen LogP contribution is 2.64. The van der Waals surface area contributed by atoms with Crippen molar-refractivity contribution in [2.45, 2.75) is 37.5 Å². The molecule has 4 atom stereocenters. The van der Waals surface area contributed by atoms with Gasteiger partial charge in [-0.25, -0.2) is 0 Å². The van der Waals surface area contributed by atoms with Gasteiger partial charge in [0.15, 0.2) is 11.7 Å². The van der Waals surface area contributed by atoms with Crippen LogP contribution in [-0.4, -0.2) is 59.3 Å². The average molecular weight is 368 g/mol. The fraction of sp³-hybridized carbons (Fsp3) is 0.524. The molecule has 5 rings (SSSR count). The fourth-order valence-electron chi connectivity index (χ4n) is 6.31. The number of aliphatic hydroxyl groups excluding tert-OH is 1. The van der Waals surface area contributed by atoms with Crippen molar-refractivity contribution in [2.75, 3.05) is 20.2 Å². The summed E-state index contributed by atoms with van der Waals surface area (Å²) in [6.07, 6.45) is 1.65. The number of aliphatic imine (C=N–C) groups is 1. The minimum Gasteiger partial charge on any atom is -0.468 e. The number of aliphatic hydroxyl groups is 2. The number of hydrogen-bond acceptors (Lipinski definition) is 6. The summed E-state index contributed by atoms with van der Waals surface area (Å²) < 4.78 is 5.17. The molecular weight excluding hydrogens is 344 g/mol. The van der Waals surface area contributed by atoms with Crippen LogP contribution in [0.3, 0.4) is 0 Å². The predicted octanol–water partition coefficient (Wildman–Crippen LogP) is 1.53. The molecule has 0 aromatic heterocycles. The summed E-state index contributed by atoms with van der Waals surface area (Å²) in [5, 5.41) is 21.3. The largest absolute Gasteiger partial charge is 0.468 e. The van der Waals surface area contributed by atoms with E-state index < -0.39 is 23.1 Å². The smallest absolute Gasteiger partial charge is 0.323 e. The van der Waals surface area contributed by atoms with Crippen LogP contribution in [0.1, 0.15) is 25.3 Å². The standard InChI is InChI=1S/C21H24N2O4/c1-3-12-11-23-9-8-20-13-6-4-5-7-15(13)22-17(20)21(18(24)25,19(26)27-2)14(12)10-16(20)23/h3-7,14,16,18,24-25H,8-11H2,1-2H3/b12-3-/t14-,16-,20+,21-/m0/s1. The van der Waals surface area contributed by atoms with Crippen molar-refractivity contribution in [3.63, 3.8) is 0 Å². The topological polar surface area (TPSA) is 82.4 Å². The predicted molar refractivity (Wildman–Crippen MR) is 99.7 cm³/mol. The van der Waals surface area contributed by atoms with Crippen molar-refractivity contribution in [2.24, 2.45) is 16.3 Å². The zero-order valence-electron chi connectivity index (χ0n) is 15.6. The van der Waals surface area contributed by atoms with Gasteiger partial charge in [0.05, 0.1) is 23.9 Å². The molecule has 1 aromatic rings. The summed E-state index contributed by atoms with van der Waals surface area (Å²) in [6.45, 7) is 3.60. The lowest BCUT2D eigenvalue weighted by Gasteiger charge is -2.56. The first-order valence-electron chi connectivity index (χ1n) is 9.54. The summed E-state index contributed by atoms with van der Waals surface area (Å²) in [7, 11) is 1.31. The average Bonchev–Trinajstić information content (AvgIpc) is 3.23. The first kappa shape index (κ1) is 17.1. The van der Waals surface area contributed by atoms with Crippen LogP contribution in [-0.2, 0) is 14.9 Å². The highest BCUT2D eigenvalue weighted by Gasteiger charge is 2.73. The van der Waals surface area contributed by atoms with Gasteiger partial charge in [0.1, 0.15) is 0 Å². The van der Waals surface area contributed by atoms with E-state index in [1.165, 1.54) is 7.11 Å². The summed E-state index contributed by atoms with van der Waals surface area (Å²) in [6, 6.07) is 8.17. The molecule has 1 saturated carbocycles. The highest BCUT2D eigenvalue weighted by atomic mass is 16.5. The lowest BCUT2D eigenvalue weighted by Crippen LogP contribution is -2.69. The Balaban J connectivity index is 1.85. The number of carbonyl (C=O) groups excluding carboxylic acids is 1. The van der Waals surface area contributed by atoms with Crippen molar-refractivity contribution in [1.29, 1.82) is 0 Å². The van der Waals surface area contributed by atoms with E-state index in [2.05, 4.69) is 11.0 Å². The number of rotatable bonds is 2. The number of hydrogen-bond donors (Lipinski definition) is 2. The van der Waals surface area contributed by atoms with E-state index >= 15 is 0 Å². The maximum atomic E-state index is 13.2. The number of carbonyl (C=O) groups is 1. The van der Waals surface area contributed by atoms with E-state index in [0.717, 1.165) is 36.3 Å². The molecule has 0 radical (unpaired) electrons. The highest BCUT2D eigenvalue weighted by molar-refractivity contribution is 6.17. The third kappa shape index (κ3) is 1.77. The molecule has 2 bridgehead atoms. The number of piperidine rings is 1. The van der Waals surface area contributed by atoms with E-state index in [9.17, 15) is 15.0 Å². The summed E-state index contributed by atoms with van der Waals surface area (Å²) >= 11 is 0. The number of ether oxygens (including phenoxy) is 1. The summed E-state index contributed by atoms with van der Waals surface area (Å²) in [4.78, 5) is 20.5. The molecule has 1 aliphatic carbocycles. The van der Waals surface area contributed by atoms with E-state index in [4.69, 9.17) is 9.73 Å². The molecule has 2 saturated heterocycles. The minimum absolute atomic E-state index is 0.213. The number of methoxy groups -OCH3 is 1. The zero-order chi connectivity index (χ0) is 19.0. The number of nitrogens with zero attached hydrogens (tertiary/aromatic N) is 2. The molecule has 0 unspecified atom stereocenters. The van der Waals surface area contributed by atoms with Crippen LogP contribution in [0, 0.1) is 11.3 Å². The summed E-state index contributed by atoms with van der Waals surface area (Å²) in [5.41, 5.74) is 1.55. The van der Waals surface area contributed by atoms with Gasteiger partial charge in [0.25, 0.3) is 0 Å². The normalized spacial score (nSPS) is 38.0. The SMILES string of the molecule is C/C=C1/CN2CC[C@@]34C(=Nc5ccccc53)[C@](C(=O)OC)(C(O)O)[C@H]1C[C@H]24. The molecule has 6 nitrogen and oxygen atoms in total. The Labute approximate surface area is 158 Å². The van der Waals surface area contributed by atoms with Crippen LogP contribution in [0.4, 0.5) is 5.69 Å². The van der Waals surface area contributed by atoms with E-state index in [1.807, 2.05) is 31.2 Å². The number of fused-ring (bicyclic) bond motifs is 2. The molecule has 1 aromatic carbocycles. The Morgan fingerprint density at radius 2 is 2.19 bits per heavy atom. The van der Waals surface area contributed by atoms with Gasteiger partial charge in [-0.05, 0) is 31.4 Å². The van der Waals surface area contributed by atoms with Crippen LogP contribution in [0.15, 0.2) is 40.9 Å². The van der Waals surface area contributed by atoms with Crippen LogP contribution in [0.25, 0.3) is 0 Å². The first-order chi connectivity index (χ1) is 13.0. The molecule has 1 spiro atoms. The number of benzene rings is 1. The van der Waals surface area contributed by atoms with E-state index in [0.29, 0.717) is 12.1 Å². The zero-order valence-corrected chi connectivity index (χ0v) is 15.6. The molecule has 6 heteroatoms. The Kier molecular flexibility index (Phi) is 3.48. The molecule has 2 N–H and O–H groups in total. The maximum Gasteiger partial charge on any atom is 0.323 e. The third-order valence-corrected chi connectivity index (χ3v) is 7.38. The van der Waals surface area contributed by atoms with Gasteiger partial charge in [-0.2, -0.15) is 0 Å². The molecule has 3 heterocycles. The quantitative estimate of drug-likeness (QED) is 0.470. The lowest BCUT2D eigenvalue weighted by atomic mass is 9.50. The van der Waals surface area contributed by atoms with Gasteiger partial charge in [0, 0.05) is 25.0 Å². The van der Waals surface area contributed by atoms with Gasteiger partial charge >= 0.3 is 5.97 Å². The van der Waals surface area contributed by atoms with Crippen LogP contribution < -0.4 is 0 Å². The van der Waals surface area contributed by atoms with Crippen LogP contribution in [0.5, 0.6) is 0 Å². The molecule has 3 aliphatic heterocycles. The third-order valence-electron chi connectivity index (χ3n) is 7.38. The number of para-hydroxylation sites is 1. The van der Waals surface area contributed by atoms with Gasteiger partial charge in [-0.1, -0.05) is 29.8 Å². The van der Waals surface area contributed by atoms with Crippen molar-refractivity contribution in [3.8, 4) is 0 Å². The van der Waals surface area contributed by atoms with Crippen molar-refractivity contribution >= 4 is 17.4 Å². The second-order valence-electron chi connectivity index (χ2n) is 8.07. The monoisotopic (exact) mass is 368 g/mol. The van der Waals surface area contributed by atoms with Gasteiger partial charge in [-0.15, -0.1) is 0 Å². The van der Waals surface area contributed by atoms with Crippen LogP contribution >= 0.6 is 0 Å². The first-order valence-corrected chi connectivity index (χ1v) is 9.54. The molecule has 3 fully saturated rings. The molecule has 4 aliphatic rings. The van der Waals surface area contributed by atoms with Crippen molar-refractivity contribution < 1.29 is 19.7 Å². The number of allylic oxidation sites excluding steroid dienone is 1. The van der Waals surface area contributed by atoms with Crippen molar-refractivity contribution in [1.82, 2.24) is 4.90 Å². The van der Waals surface area contributed by atoms with Gasteiger partial charge in [-0.3, -0.25) is 14.7 Å². The van der Waals surface area contributed by atoms with Crippen molar-refractivity contribution in [3.05, 3.63) is 41.5 Å². The van der Waals surface area contributed by atoms with Gasteiger partial charge < -0.3 is 14.9 Å². The Hall–Kier alpha value is -2.02. The maximum absolute atomic E-state index is 13.2. The molecule has 0 amide bonds. The Morgan fingerprint density at radius 3 is 2.89 bits per heavy atom. The molecule has 27 heavy (non-hydrogen) atoms. The number of esters is 1.